The number of allylic oxidation sites excluding steroid dienone is 3. The Bertz CT molecular complexity index is 297. The zero-order valence-corrected chi connectivity index (χ0v) is 10.7. The topological polar surface area (TPSA) is 38.3 Å². The van der Waals surface area contributed by atoms with Crippen LogP contribution < -0.4 is 5.32 Å². The first-order valence-electron chi connectivity index (χ1n) is 5.00. The Kier molecular flexibility index (Phi) is 7.46. The average molecular weight is 241 g/mol. The molecule has 1 atom stereocenters. The molecule has 90 valence electrons. The SMILES string of the molecule is C=CC1=C(C=C)OCC(C(=O)NC)C1.CS. The van der Waals surface area contributed by atoms with E-state index in [2.05, 4.69) is 31.1 Å². The average Bonchev–Trinajstić information content (AvgIpc) is 2.39. The minimum Gasteiger partial charge on any atom is -0.492 e. The van der Waals surface area contributed by atoms with E-state index >= 15 is 0 Å². The lowest BCUT2D eigenvalue weighted by Crippen LogP contribution is -2.32. The number of hydrogen-bond donors (Lipinski definition) is 2. The summed E-state index contributed by atoms with van der Waals surface area (Å²) in [5, 5.41) is 2.61. The zero-order valence-electron chi connectivity index (χ0n) is 9.82. The van der Waals surface area contributed by atoms with Gasteiger partial charge in [-0.15, -0.1) is 0 Å². The fraction of sp³-hybridized carbons (Fsp3) is 0.417. The number of rotatable bonds is 3. The lowest BCUT2D eigenvalue weighted by molar-refractivity contribution is -0.126. The number of carbonyl (C=O) groups is 1. The molecule has 16 heavy (non-hydrogen) atoms. The molecule has 0 fully saturated rings. The van der Waals surface area contributed by atoms with Gasteiger partial charge in [0.25, 0.3) is 0 Å². The standard InChI is InChI=1S/C11H15NO2.CH4S/c1-4-8-6-9(11(13)12-3)7-14-10(8)5-2;1-2/h4-5,9H,1-2,6-7H2,3H3,(H,12,13);2H,1H3. The molecule has 1 heterocycles. The minimum atomic E-state index is -0.114. The molecule has 1 amide bonds. The van der Waals surface area contributed by atoms with E-state index in [4.69, 9.17) is 4.74 Å². The van der Waals surface area contributed by atoms with E-state index in [9.17, 15) is 4.79 Å². The maximum absolute atomic E-state index is 11.3. The monoisotopic (exact) mass is 241 g/mol. The maximum atomic E-state index is 11.3. The summed E-state index contributed by atoms with van der Waals surface area (Å²) in [6.45, 7) is 7.74. The molecule has 0 spiro atoms. The molecular weight excluding hydrogens is 222 g/mol. The van der Waals surface area contributed by atoms with Crippen LogP contribution >= 0.6 is 12.6 Å². The number of nitrogens with one attached hydrogen (secondary N) is 1. The molecule has 1 aliphatic rings. The Hall–Kier alpha value is -1.16. The van der Waals surface area contributed by atoms with Crippen LogP contribution in [0.15, 0.2) is 36.6 Å². The van der Waals surface area contributed by atoms with Crippen LogP contribution in [-0.2, 0) is 9.53 Å². The van der Waals surface area contributed by atoms with Crippen LogP contribution in [0.1, 0.15) is 6.42 Å². The lowest BCUT2D eigenvalue weighted by Gasteiger charge is -2.24. The largest absolute Gasteiger partial charge is 0.492 e. The molecule has 0 aromatic carbocycles. The van der Waals surface area contributed by atoms with Crippen molar-refractivity contribution < 1.29 is 9.53 Å². The van der Waals surface area contributed by atoms with Gasteiger partial charge in [-0.25, -0.2) is 0 Å². The highest BCUT2D eigenvalue weighted by molar-refractivity contribution is 7.79. The van der Waals surface area contributed by atoms with Gasteiger partial charge < -0.3 is 10.1 Å². The van der Waals surface area contributed by atoms with Gasteiger partial charge >= 0.3 is 0 Å². The van der Waals surface area contributed by atoms with Crippen molar-refractivity contribution in [3.8, 4) is 0 Å². The Morgan fingerprint density at radius 1 is 1.50 bits per heavy atom. The summed E-state index contributed by atoms with van der Waals surface area (Å²) in [4.78, 5) is 11.3. The number of hydrogen-bond acceptors (Lipinski definition) is 3. The van der Waals surface area contributed by atoms with Gasteiger partial charge in [0.2, 0.25) is 5.91 Å². The zero-order chi connectivity index (χ0) is 12.6. The third-order valence-electron chi connectivity index (χ3n) is 2.27. The van der Waals surface area contributed by atoms with Crippen molar-refractivity contribution in [3.05, 3.63) is 36.6 Å². The van der Waals surface area contributed by atoms with Gasteiger partial charge in [0.05, 0.1) is 5.92 Å². The first-order chi connectivity index (χ1) is 7.72. The predicted octanol–water partition coefficient (Wildman–Crippen LogP) is 1.94. The lowest BCUT2D eigenvalue weighted by atomic mass is 9.96. The van der Waals surface area contributed by atoms with E-state index in [1.165, 1.54) is 0 Å². The van der Waals surface area contributed by atoms with Crippen LogP contribution in [0.4, 0.5) is 0 Å². The van der Waals surface area contributed by atoms with Gasteiger partial charge in [0.15, 0.2) is 0 Å². The van der Waals surface area contributed by atoms with Gasteiger partial charge in [-0.1, -0.05) is 19.2 Å². The molecule has 1 rings (SSSR count). The quantitative estimate of drug-likeness (QED) is 0.741. The highest BCUT2D eigenvalue weighted by Gasteiger charge is 2.24. The second-order valence-electron chi connectivity index (χ2n) is 3.12. The maximum Gasteiger partial charge on any atom is 0.226 e. The number of carbonyl (C=O) groups excluding carboxylic acids is 1. The summed E-state index contributed by atoms with van der Waals surface area (Å²) in [5.41, 5.74) is 0.944. The number of amides is 1. The summed E-state index contributed by atoms with van der Waals surface area (Å²) in [6.07, 6.45) is 5.73. The van der Waals surface area contributed by atoms with Gasteiger partial charge in [-0.05, 0) is 24.3 Å². The highest BCUT2D eigenvalue weighted by atomic mass is 32.1. The van der Waals surface area contributed by atoms with Crippen LogP contribution in [0.3, 0.4) is 0 Å². The minimum absolute atomic E-state index is 0.00691. The van der Waals surface area contributed by atoms with Gasteiger partial charge in [-0.3, -0.25) is 4.79 Å². The predicted molar refractivity (Wildman–Crippen MR) is 70.5 cm³/mol. The van der Waals surface area contributed by atoms with Crippen molar-refractivity contribution in [2.45, 2.75) is 6.42 Å². The second kappa shape index (κ2) is 8.05. The molecule has 1 unspecified atom stereocenters. The van der Waals surface area contributed by atoms with Crippen molar-refractivity contribution in [1.82, 2.24) is 5.32 Å². The van der Waals surface area contributed by atoms with E-state index in [0.29, 0.717) is 13.0 Å². The molecular formula is C12H19NO2S. The van der Waals surface area contributed by atoms with E-state index in [1.54, 1.807) is 25.5 Å². The Balaban J connectivity index is 0.00000106. The Labute approximate surface area is 103 Å². The van der Waals surface area contributed by atoms with Crippen LogP contribution in [-0.4, -0.2) is 25.8 Å². The normalized spacial score (nSPS) is 18.8. The molecule has 0 aromatic rings. The molecule has 4 heteroatoms. The molecule has 0 bridgehead atoms. The van der Waals surface area contributed by atoms with Crippen LogP contribution in [0, 0.1) is 5.92 Å². The van der Waals surface area contributed by atoms with Gasteiger partial charge in [0.1, 0.15) is 12.4 Å². The van der Waals surface area contributed by atoms with E-state index in [1.807, 2.05) is 0 Å². The van der Waals surface area contributed by atoms with Crippen LogP contribution in [0.5, 0.6) is 0 Å². The summed E-state index contributed by atoms with van der Waals surface area (Å²) < 4.78 is 5.40. The Morgan fingerprint density at radius 2 is 2.12 bits per heavy atom. The van der Waals surface area contributed by atoms with Gasteiger partial charge in [-0.2, -0.15) is 12.6 Å². The van der Waals surface area contributed by atoms with Crippen molar-refractivity contribution in [3.63, 3.8) is 0 Å². The first kappa shape index (κ1) is 14.8. The third-order valence-corrected chi connectivity index (χ3v) is 2.27. The number of ether oxygens (including phenoxy) is 1. The smallest absolute Gasteiger partial charge is 0.226 e. The molecule has 0 aliphatic carbocycles. The van der Waals surface area contributed by atoms with Crippen molar-refractivity contribution in [1.29, 1.82) is 0 Å². The summed E-state index contributed by atoms with van der Waals surface area (Å²) in [6, 6.07) is 0. The molecule has 0 saturated carbocycles. The van der Waals surface area contributed by atoms with Crippen molar-refractivity contribution in [2.24, 2.45) is 5.92 Å². The highest BCUT2D eigenvalue weighted by Crippen LogP contribution is 2.24. The van der Waals surface area contributed by atoms with Crippen LogP contribution in [0.2, 0.25) is 0 Å². The molecule has 0 saturated heterocycles. The Morgan fingerprint density at radius 3 is 2.56 bits per heavy atom. The van der Waals surface area contributed by atoms with E-state index in [0.717, 1.165) is 11.3 Å². The van der Waals surface area contributed by atoms with E-state index < -0.39 is 0 Å². The van der Waals surface area contributed by atoms with Crippen LogP contribution in [0.25, 0.3) is 0 Å². The fourth-order valence-electron chi connectivity index (χ4n) is 1.45. The number of thiol groups is 1. The molecule has 0 aromatic heterocycles. The molecule has 1 aliphatic heterocycles. The summed E-state index contributed by atoms with van der Waals surface area (Å²) >= 11 is 3.53. The fourth-order valence-corrected chi connectivity index (χ4v) is 1.45. The van der Waals surface area contributed by atoms with Crippen molar-refractivity contribution in [2.75, 3.05) is 19.9 Å². The molecule has 0 radical (unpaired) electrons. The van der Waals surface area contributed by atoms with Gasteiger partial charge in [0, 0.05) is 7.05 Å². The molecule has 1 N–H and O–H groups in total. The van der Waals surface area contributed by atoms with E-state index in [-0.39, 0.29) is 11.8 Å². The second-order valence-corrected chi connectivity index (χ2v) is 3.12. The summed E-state index contributed by atoms with van der Waals surface area (Å²) in [7, 11) is 1.63. The molecule has 3 nitrogen and oxygen atoms in total. The van der Waals surface area contributed by atoms with Crippen molar-refractivity contribution >= 4 is 18.5 Å². The third kappa shape index (κ3) is 3.77. The first-order valence-corrected chi connectivity index (χ1v) is 5.89. The summed E-state index contributed by atoms with van der Waals surface area (Å²) in [5.74, 6) is 0.629.